The second-order valence-corrected chi connectivity index (χ2v) is 4.70. The molecule has 0 amide bonds. The third-order valence-corrected chi connectivity index (χ3v) is 3.18. The zero-order chi connectivity index (χ0) is 10.8. The molecule has 0 radical (unpaired) electrons. The second-order valence-electron chi connectivity index (χ2n) is 4.70. The first-order valence-corrected chi connectivity index (χ1v) is 5.52. The predicted octanol–water partition coefficient (Wildman–Crippen LogP) is 3.22. The number of rotatable bonds is 3. The lowest BCUT2D eigenvalue weighted by atomic mass is 9.80. The molecule has 0 spiro atoms. The van der Waals surface area contributed by atoms with Crippen LogP contribution in [-0.2, 0) is 0 Å². The van der Waals surface area contributed by atoms with Crippen LogP contribution in [0.4, 0.5) is 8.78 Å². The summed E-state index contributed by atoms with van der Waals surface area (Å²) in [7, 11) is 0. The van der Waals surface area contributed by atoms with Crippen LogP contribution < -0.4 is 0 Å². The van der Waals surface area contributed by atoms with Crippen molar-refractivity contribution in [3.63, 3.8) is 0 Å². The summed E-state index contributed by atoms with van der Waals surface area (Å²) in [5, 5.41) is 9.46. The van der Waals surface area contributed by atoms with Crippen LogP contribution in [0.5, 0.6) is 0 Å². The molecule has 1 N–H and O–H groups in total. The quantitative estimate of drug-likeness (QED) is 0.751. The highest BCUT2D eigenvalue weighted by atomic mass is 19.3. The Bertz CT molecular complexity index is 174. The van der Waals surface area contributed by atoms with Gasteiger partial charge in [-0.25, -0.2) is 8.78 Å². The predicted molar refractivity (Wildman–Crippen MR) is 52.4 cm³/mol. The molecule has 3 heteroatoms. The maximum atomic E-state index is 13.7. The molecule has 1 fully saturated rings. The van der Waals surface area contributed by atoms with Crippen LogP contribution >= 0.6 is 0 Å². The van der Waals surface area contributed by atoms with Gasteiger partial charge >= 0.3 is 0 Å². The van der Waals surface area contributed by atoms with E-state index in [2.05, 4.69) is 0 Å². The Kier molecular flexibility index (Phi) is 3.87. The third kappa shape index (κ3) is 2.44. The van der Waals surface area contributed by atoms with Gasteiger partial charge in [-0.3, -0.25) is 0 Å². The highest BCUT2D eigenvalue weighted by Crippen LogP contribution is 2.40. The van der Waals surface area contributed by atoms with E-state index in [0.29, 0.717) is 12.8 Å². The molecule has 84 valence electrons. The minimum absolute atomic E-state index is 0.369. The summed E-state index contributed by atoms with van der Waals surface area (Å²) >= 11 is 0. The van der Waals surface area contributed by atoms with E-state index in [1.165, 1.54) is 0 Å². The molecule has 0 aliphatic heterocycles. The van der Waals surface area contributed by atoms with Crippen molar-refractivity contribution in [2.75, 3.05) is 0 Å². The first kappa shape index (κ1) is 11.9. The van der Waals surface area contributed by atoms with E-state index in [4.69, 9.17) is 0 Å². The standard InChI is InChI=1S/C11H20F2O/c1-8(2)10(14)11(12,13)9-6-4-3-5-7-9/h8-10,14H,3-7H2,1-2H3. The van der Waals surface area contributed by atoms with Gasteiger partial charge in [-0.05, 0) is 18.8 Å². The first-order chi connectivity index (χ1) is 6.46. The van der Waals surface area contributed by atoms with Gasteiger partial charge in [0.15, 0.2) is 0 Å². The Labute approximate surface area is 84.5 Å². The van der Waals surface area contributed by atoms with Crippen LogP contribution in [0, 0.1) is 11.8 Å². The average molecular weight is 206 g/mol. The van der Waals surface area contributed by atoms with Crippen molar-refractivity contribution in [1.29, 1.82) is 0 Å². The average Bonchev–Trinajstić information content (AvgIpc) is 2.18. The van der Waals surface area contributed by atoms with Crippen LogP contribution in [0.25, 0.3) is 0 Å². The summed E-state index contributed by atoms with van der Waals surface area (Å²) in [6.45, 7) is 3.28. The van der Waals surface area contributed by atoms with Crippen molar-refractivity contribution < 1.29 is 13.9 Å². The van der Waals surface area contributed by atoms with E-state index in [9.17, 15) is 13.9 Å². The van der Waals surface area contributed by atoms with E-state index in [1.807, 2.05) is 0 Å². The van der Waals surface area contributed by atoms with Gasteiger partial charge in [0.2, 0.25) is 0 Å². The molecule has 1 rings (SSSR count). The van der Waals surface area contributed by atoms with Crippen LogP contribution in [-0.4, -0.2) is 17.1 Å². The van der Waals surface area contributed by atoms with Gasteiger partial charge in [-0.2, -0.15) is 0 Å². The summed E-state index contributed by atoms with van der Waals surface area (Å²) < 4.78 is 27.4. The van der Waals surface area contributed by atoms with Gasteiger partial charge in [0.1, 0.15) is 6.10 Å². The van der Waals surface area contributed by atoms with Crippen molar-refractivity contribution in [3.05, 3.63) is 0 Å². The van der Waals surface area contributed by atoms with Crippen LogP contribution in [0.1, 0.15) is 46.0 Å². The summed E-state index contributed by atoms with van der Waals surface area (Å²) in [5.74, 6) is -3.87. The SMILES string of the molecule is CC(C)C(O)C(F)(F)C1CCCCC1. The monoisotopic (exact) mass is 206 g/mol. The fourth-order valence-electron chi connectivity index (χ4n) is 2.17. The summed E-state index contributed by atoms with van der Waals surface area (Å²) in [4.78, 5) is 0. The Morgan fingerprint density at radius 2 is 1.64 bits per heavy atom. The van der Waals surface area contributed by atoms with Crippen molar-refractivity contribution in [1.82, 2.24) is 0 Å². The molecule has 1 unspecified atom stereocenters. The fourth-order valence-corrected chi connectivity index (χ4v) is 2.17. The van der Waals surface area contributed by atoms with Gasteiger partial charge in [-0.15, -0.1) is 0 Å². The zero-order valence-corrected chi connectivity index (χ0v) is 8.97. The van der Waals surface area contributed by atoms with E-state index < -0.39 is 17.9 Å². The summed E-state index contributed by atoms with van der Waals surface area (Å²) in [6, 6.07) is 0. The minimum Gasteiger partial charge on any atom is -0.387 e. The maximum Gasteiger partial charge on any atom is 0.276 e. The second kappa shape index (κ2) is 4.56. The highest BCUT2D eigenvalue weighted by Gasteiger charge is 2.47. The zero-order valence-electron chi connectivity index (χ0n) is 8.97. The highest BCUT2D eigenvalue weighted by molar-refractivity contribution is 4.87. The molecule has 1 nitrogen and oxygen atoms in total. The molecule has 0 bridgehead atoms. The van der Waals surface area contributed by atoms with Gasteiger partial charge in [-0.1, -0.05) is 33.1 Å². The van der Waals surface area contributed by atoms with Crippen molar-refractivity contribution in [3.8, 4) is 0 Å². The first-order valence-electron chi connectivity index (χ1n) is 5.52. The number of aliphatic hydroxyl groups excluding tert-OH is 1. The lowest BCUT2D eigenvalue weighted by molar-refractivity contribution is -0.169. The molecule has 0 aromatic rings. The molecule has 1 saturated carbocycles. The Hall–Kier alpha value is -0.180. The van der Waals surface area contributed by atoms with E-state index >= 15 is 0 Å². The molecule has 0 saturated heterocycles. The lowest BCUT2D eigenvalue weighted by Gasteiger charge is -2.34. The molecule has 1 aliphatic rings. The summed E-state index contributed by atoms with van der Waals surface area (Å²) in [6.07, 6.45) is 2.47. The molecule has 0 aromatic carbocycles. The molecular formula is C11H20F2O. The smallest absolute Gasteiger partial charge is 0.276 e. The summed E-state index contributed by atoms with van der Waals surface area (Å²) in [5.41, 5.74) is 0. The number of aliphatic hydroxyl groups is 1. The van der Waals surface area contributed by atoms with Crippen LogP contribution in [0.2, 0.25) is 0 Å². The van der Waals surface area contributed by atoms with Crippen molar-refractivity contribution >= 4 is 0 Å². The fraction of sp³-hybridized carbons (Fsp3) is 1.00. The number of hydrogen-bond donors (Lipinski definition) is 1. The lowest BCUT2D eigenvalue weighted by Crippen LogP contribution is -2.44. The molecular weight excluding hydrogens is 186 g/mol. The molecule has 0 aromatic heterocycles. The number of alkyl halides is 2. The van der Waals surface area contributed by atoms with E-state index in [0.717, 1.165) is 19.3 Å². The van der Waals surface area contributed by atoms with E-state index in [-0.39, 0.29) is 5.92 Å². The third-order valence-electron chi connectivity index (χ3n) is 3.18. The van der Waals surface area contributed by atoms with Gasteiger partial charge in [0, 0.05) is 5.92 Å². The topological polar surface area (TPSA) is 20.2 Å². The van der Waals surface area contributed by atoms with Gasteiger partial charge in [0.05, 0.1) is 0 Å². The van der Waals surface area contributed by atoms with Crippen molar-refractivity contribution in [2.24, 2.45) is 11.8 Å². The van der Waals surface area contributed by atoms with Gasteiger partial charge < -0.3 is 5.11 Å². The Balaban J connectivity index is 2.61. The number of hydrogen-bond acceptors (Lipinski definition) is 1. The molecule has 14 heavy (non-hydrogen) atoms. The molecule has 0 heterocycles. The molecule has 1 atom stereocenters. The maximum absolute atomic E-state index is 13.7. The Morgan fingerprint density at radius 1 is 1.14 bits per heavy atom. The van der Waals surface area contributed by atoms with E-state index in [1.54, 1.807) is 13.8 Å². The Morgan fingerprint density at radius 3 is 2.07 bits per heavy atom. The number of halogens is 2. The van der Waals surface area contributed by atoms with Gasteiger partial charge in [0.25, 0.3) is 5.92 Å². The van der Waals surface area contributed by atoms with Crippen LogP contribution in [0.3, 0.4) is 0 Å². The molecule has 1 aliphatic carbocycles. The van der Waals surface area contributed by atoms with Crippen molar-refractivity contribution in [2.45, 2.75) is 58.0 Å². The van der Waals surface area contributed by atoms with Crippen LogP contribution in [0.15, 0.2) is 0 Å². The normalized spacial score (nSPS) is 22.7. The largest absolute Gasteiger partial charge is 0.387 e. The minimum atomic E-state index is -2.89.